The molecule has 1 aromatic rings. The number of esters is 2. The number of carbonyl (C=O) groups excluding carboxylic acids is 2. The molecule has 1 rings (SSSR count). The van der Waals surface area contributed by atoms with Crippen molar-refractivity contribution < 1.29 is 29.3 Å². The zero-order valence-electron chi connectivity index (χ0n) is 10.7. The minimum atomic E-state index is -0.649. The molecule has 0 atom stereocenters. The molecular weight excluding hydrogens is 264 g/mol. The predicted molar refractivity (Wildman–Crippen MR) is 70.5 cm³/mol. The number of carbonyl (C=O) groups is 2. The molecule has 0 aliphatic carbocycles. The quantitative estimate of drug-likeness (QED) is 0.611. The summed E-state index contributed by atoms with van der Waals surface area (Å²) in [5, 5.41) is 17.6. The first-order chi connectivity index (χ1) is 9.40. The highest BCUT2D eigenvalue weighted by Gasteiger charge is 2.11. The topological polar surface area (TPSA) is 93.1 Å². The van der Waals surface area contributed by atoms with Crippen molar-refractivity contribution in [2.24, 2.45) is 0 Å². The molecule has 0 amide bonds. The zero-order valence-corrected chi connectivity index (χ0v) is 10.7. The minimum absolute atomic E-state index is 0.217. The van der Waals surface area contributed by atoms with E-state index in [1.54, 1.807) is 0 Å². The molecule has 6 heteroatoms. The molecule has 0 radical (unpaired) electrons. The molecule has 0 saturated heterocycles. The summed E-state index contributed by atoms with van der Waals surface area (Å²) in [6.07, 6.45) is 0. The summed E-state index contributed by atoms with van der Waals surface area (Å²) in [6, 6.07) is 5.53. The normalized spacial score (nSPS) is 9.60. The Labute approximate surface area is 115 Å². The number of hydrogen-bond donors (Lipinski definition) is 2. The van der Waals surface area contributed by atoms with Gasteiger partial charge in [0, 0.05) is 0 Å². The SMILES string of the molecule is C=C(O)COC(=O)c1ccc(C(=O)OCC(=C)O)cc1. The number of rotatable bonds is 6. The molecular formula is C14H14O6. The van der Waals surface area contributed by atoms with Crippen molar-refractivity contribution in [3.63, 3.8) is 0 Å². The molecule has 0 spiro atoms. The average molecular weight is 278 g/mol. The molecule has 0 aromatic heterocycles. The van der Waals surface area contributed by atoms with Gasteiger partial charge in [0.15, 0.2) is 0 Å². The Hall–Kier alpha value is -2.76. The summed E-state index contributed by atoms with van der Waals surface area (Å²) in [5.74, 6) is -1.82. The van der Waals surface area contributed by atoms with Gasteiger partial charge >= 0.3 is 11.9 Å². The number of ether oxygens (including phenoxy) is 2. The third kappa shape index (κ3) is 4.85. The third-order valence-corrected chi connectivity index (χ3v) is 2.10. The van der Waals surface area contributed by atoms with Crippen molar-refractivity contribution >= 4 is 11.9 Å². The Balaban J connectivity index is 2.63. The molecule has 0 fully saturated rings. The first-order valence-corrected chi connectivity index (χ1v) is 5.58. The van der Waals surface area contributed by atoms with Crippen LogP contribution in [0.5, 0.6) is 0 Å². The molecule has 0 bridgehead atoms. The van der Waals surface area contributed by atoms with Crippen LogP contribution in [0.4, 0.5) is 0 Å². The van der Waals surface area contributed by atoms with Crippen molar-refractivity contribution in [3.8, 4) is 0 Å². The lowest BCUT2D eigenvalue weighted by molar-refractivity contribution is 0.0489. The second-order valence-electron chi connectivity index (χ2n) is 3.86. The van der Waals surface area contributed by atoms with Crippen LogP contribution in [0.3, 0.4) is 0 Å². The maximum atomic E-state index is 11.5. The molecule has 6 nitrogen and oxygen atoms in total. The van der Waals surface area contributed by atoms with Gasteiger partial charge in [0.2, 0.25) is 0 Å². The first kappa shape index (κ1) is 15.3. The standard InChI is InChI=1S/C14H14O6/c1-9(15)7-19-13(17)11-3-5-12(6-4-11)14(18)20-8-10(2)16/h3-6,15-16H,1-2,7-8H2. The monoisotopic (exact) mass is 278 g/mol. The fourth-order valence-electron chi connectivity index (χ4n) is 1.21. The van der Waals surface area contributed by atoms with E-state index in [9.17, 15) is 9.59 Å². The molecule has 106 valence electrons. The van der Waals surface area contributed by atoms with E-state index in [0.717, 1.165) is 0 Å². The van der Waals surface area contributed by atoms with Gasteiger partial charge in [0.05, 0.1) is 11.1 Å². The Kier molecular flexibility index (Phi) is 5.34. The Morgan fingerprint density at radius 1 is 0.850 bits per heavy atom. The van der Waals surface area contributed by atoms with Gasteiger partial charge in [-0.2, -0.15) is 0 Å². The van der Waals surface area contributed by atoms with Crippen LogP contribution in [-0.4, -0.2) is 35.4 Å². The van der Waals surface area contributed by atoms with Crippen molar-refractivity contribution in [2.75, 3.05) is 13.2 Å². The van der Waals surface area contributed by atoms with Crippen LogP contribution in [-0.2, 0) is 9.47 Å². The summed E-state index contributed by atoms with van der Waals surface area (Å²) in [5.41, 5.74) is 0.434. The molecule has 0 aliphatic rings. The van der Waals surface area contributed by atoms with Crippen molar-refractivity contribution in [1.29, 1.82) is 0 Å². The maximum absolute atomic E-state index is 11.5. The highest BCUT2D eigenvalue weighted by molar-refractivity contribution is 5.93. The van der Waals surface area contributed by atoms with E-state index in [0.29, 0.717) is 0 Å². The van der Waals surface area contributed by atoms with Crippen LogP contribution in [0.15, 0.2) is 48.9 Å². The fraction of sp³-hybridized carbons (Fsp3) is 0.143. The molecule has 2 N–H and O–H groups in total. The molecule has 0 unspecified atom stereocenters. The third-order valence-electron chi connectivity index (χ3n) is 2.10. The minimum Gasteiger partial charge on any atom is -0.509 e. The second-order valence-corrected chi connectivity index (χ2v) is 3.86. The average Bonchev–Trinajstić information content (AvgIpc) is 2.42. The number of benzene rings is 1. The second kappa shape index (κ2) is 6.98. The predicted octanol–water partition coefficient (Wildman–Crippen LogP) is 2.14. The van der Waals surface area contributed by atoms with E-state index < -0.39 is 11.9 Å². The lowest BCUT2D eigenvalue weighted by atomic mass is 10.1. The summed E-state index contributed by atoms with van der Waals surface area (Å²) in [7, 11) is 0. The van der Waals surface area contributed by atoms with Crippen LogP contribution in [0, 0.1) is 0 Å². The van der Waals surface area contributed by atoms with Crippen molar-refractivity contribution in [1.82, 2.24) is 0 Å². The lowest BCUT2D eigenvalue weighted by Gasteiger charge is -2.05. The smallest absolute Gasteiger partial charge is 0.338 e. The van der Waals surface area contributed by atoms with E-state index in [-0.39, 0.29) is 35.9 Å². The maximum Gasteiger partial charge on any atom is 0.338 e. The first-order valence-electron chi connectivity index (χ1n) is 5.58. The summed E-state index contributed by atoms with van der Waals surface area (Å²) >= 11 is 0. The highest BCUT2D eigenvalue weighted by Crippen LogP contribution is 2.08. The number of aliphatic hydroxyl groups excluding tert-OH is 2. The van der Waals surface area contributed by atoms with Gasteiger partial charge < -0.3 is 19.7 Å². The van der Waals surface area contributed by atoms with Crippen LogP contribution in [0.25, 0.3) is 0 Å². The molecule has 0 saturated carbocycles. The van der Waals surface area contributed by atoms with E-state index >= 15 is 0 Å². The number of hydrogen-bond acceptors (Lipinski definition) is 6. The summed E-state index contributed by atoms with van der Waals surface area (Å²) < 4.78 is 9.44. The number of aliphatic hydroxyl groups is 2. The van der Waals surface area contributed by atoms with Crippen LogP contribution < -0.4 is 0 Å². The van der Waals surface area contributed by atoms with Gasteiger partial charge in [-0.05, 0) is 24.3 Å². The van der Waals surface area contributed by atoms with Crippen molar-refractivity contribution in [2.45, 2.75) is 0 Å². The molecule has 1 aromatic carbocycles. The molecule has 0 aliphatic heterocycles. The van der Waals surface area contributed by atoms with Crippen LogP contribution in [0.1, 0.15) is 20.7 Å². The van der Waals surface area contributed by atoms with E-state index in [1.165, 1.54) is 24.3 Å². The van der Waals surface area contributed by atoms with Gasteiger partial charge in [-0.25, -0.2) is 9.59 Å². The van der Waals surface area contributed by atoms with Gasteiger partial charge in [-0.1, -0.05) is 13.2 Å². The molecule has 20 heavy (non-hydrogen) atoms. The Morgan fingerprint density at radius 3 is 1.40 bits per heavy atom. The summed E-state index contributed by atoms with van der Waals surface area (Å²) in [6.45, 7) is 5.78. The van der Waals surface area contributed by atoms with Crippen molar-refractivity contribution in [3.05, 3.63) is 60.1 Å². The Bertz CT molecular complexity index is 480. The fourth-order valence-corrected chi connectivity index (χ4v) is 1.21. The van der Waals surface area contributed by atoms with Crippen LogP contribution in [0.2, 0.25) is 0 Å². The van der Waals surface area contributed by atoms with E-state index in [4.69, 9.17) is 19.7 Å². The zero-order chi connectivity index (χ0) is 15.1. The molecule has 0 heterocycles. The van der Waals surface area contributed by atoms with Gasteiger partial charge in [-0.3, -0.25) is 0 Å². The lowest BCUT2D eigenvalue weighted by Crippen LogP contribution is -2.10. The van der Waals surface area contributed by atoms with Gasteiger partial charge in [0.1, 0.15) is 24.7 Å². The Morgan fingerprint density at radius 2 is 1.15 bits per heavy atom. The largest absolute Gasteiger partial charge is 0.509 e. The van der Waals surface area contributed by atoms with Gasteiger partial charge in [0.25, 0.3) is 0 Å². The van der Waals surface area contributed by atoms with E-state index in [2.05, 4.69) is 13.2 Å². The van der Waals surface area contributed by atoms with E-state index in [1.807, 2.05) is 0 Å². The highest BCUT2D eigenvalue weighted by atomic mass is 16.5. The summed E-state index contributed by atoms with van der Waals surface area (Å²) in [4.78, 5) is 23.0. The van der Waals surface area contributed by atoms with Gasteiger partial charge in [-0.15, -0.1) is 0 Å². The van der Waals surface area contributed by atoms with Crippen LogP contribution >= 0.6 is 0 Å².